The third-order valence-corrected chi connectivity index (χ3v) is 3.90. The van der Waals surface area contributed by atoms with Crippen LogP contribution in [0.1, 0.15) is 26.7 Å². The van der Waals surface area contributed by atoms with Crippen molar-refractivity contribution in [1.82, 2.24) is 0 Å². The highest BCUT2D eigenvalue weighted by atomic mass is 35.5. The van der Waals surface area contributed by atoms with Gasteiger partial charge in [-0.05, 0) is 30.5 Å². The van der Waals surface area contributed by atoms with Crippen LogP contribution in [0.5, 0.6) is 0 Å². The first-order chi connectivity index (χ1) is 9.90. The number of amides is 2. The second kappa shape index (κ2) is 6.45. The predicted molar refractivity (Wildman–Crippen MR) is 84.5 cm³/mol. The number of anilines is 2. The summed E-state index contributed by atoms with van der Waals surface area (Å²) in [6, 6.07) is 4.57. The number of nitrogens with one attached hydrogen (secondary N) is 1. The van der Waals surface area contributed by atoms with Crippen molar-refractivity contribution in [3.8, 4) is 0 Å². The molecule has 1 aromatic rings. The molecule has 1 aliphatic heterocycles. The van der Waals surface area contributed by atoms with Crippen LogP contribution in [-0.2, 0) is 9.59 Å². The fourth-order valence-electron chi connectivity index (χ4n) is 2.23. The van der Waals surface area contributed by atoms with Crippen LogP contribution in [0.4, 0.5) is 11.4 Å². The number of benzene rings is 1. The van der Waals surface area contributed by atoms with Gasteiger partial charge in [-0.25, -0.2) is 0 Å². The van der Waals surface area contributed by atoms with Crippen molar-refractivity contribution >= 4 is 34.8 Å². The molecule has 3 N–H and O–H groups in total. The highest BCUT2D eigenvalue weighted by Crippen LogP contribution is 2.31. The van der Waals surface area contributed by atoms with Crippen LogP contribution < -0.4 is 16.0 Å². The molecular formula is C15H20ClN3O2. The molecule has 1 heterocycles. The van der Waals surface area contributed by atoms with E-state index >= 15 is 0 Å². The topological polar surface area (TPSA) is 75.4 Å². The van der Waals surface area contributed by atoms with Gasteiger partial charge in [0.1, 0.15) is 0 Å². The van der Waals surface area contributed by atoms with Crippen LogP contribution in [0, 0.1) is 5.92 Å². The van der Waals surface area contributed by atoms with Gasteiger partial charge in [-0.1, -0.05) is 25.4 Å². The number of halogens is 1. The Morgan fingerprint density at radius 1 is 1.43 bits per heavy atom. The number of nitrogens with zero attached hydrogens (tertiary/aromatic N) is 1. The molecule has 0 aromatic heterocycles. The van der Waals surface area contributed by atoms with Crippen molar-refractivity contribution < 1.29 is 9.59 Å². The molecule has 114 valence electrons. The van der Waals surface area contributed by atoms with E-state index in [1.807, 2.05) is 13.8 Å². The zero-order valence-corrected chi connectivity index (χ0v) is 13.0. The Morgan fingerprint density at radius 3 is 2.67 bits per heavy atom. The summed E-state index contributed by atoms with van der Waals surface area (Å²) in [6.07, 6.45) is 1.40. The van der Waals surface area contributed by atoms with E-state index < -0.39 is 6.04 Å². The molecule has 2 rings (SSSR count). The summed E-state index contributed by atoms with van der Waals surface area (Å²) < 4.78 is 0. The third-order valence-electron chi connectivity index (χ3n) is 3.60. The normalized spacial score (nSPS) is 16.4. The second-order valence-corrected chi connectivity index (χ2v) is 5.98. The lowest BCUT2D eigenvalue weighted by molar-refractivity contribution is -0.118. The molecule has 1 aromatic carbocycles. The Balaban J connectivity index is 2.12. The average Bonchev–Trinajstić information content (AvgIpc) is 2.84. The van der Waals surface area contributed by atoms with Gasteiger partial charge in [0.05, 0.1) is 16.8 Å². The molecule has 1 atom stereocenters. The maximum Gasteiger partial charge on any atom is 0.241 e. The van der Waals surface area contributed by atoms with E-state index in [1.54, 1.807) is 23.1 Å². The van der Waals surface area contributed by atoms with Crippen LogP contribution in [0.15, 0.2) is 18.2 Å². The predicted octanol–water partition coefficient (Wildman–Crippen LogP) is 2.39. The van der Waals surface area contributed by atoms with Gasteiger partial charge in [-0.15, -0.1) is 0 Å². The number of carbonyl (C=O) groups excluding carboxylic acids is 2. The Kier molecular flexibility index (Phi) is 4.85. The van der Waals surface area contributed by atoms with E-state index in [-0.39, 0.29) is 17.7 Å². The zero-order valence-electron chi connectivity index (χ0n) is 12.2. The van der Waals surface area contributed by atoms with E-state index in [4.69, 9.17) is 17.3 Å². The molecule has 0 saturated carbocycles. The molecular weight excluding hydrogens is 290 g/mol. The van der Waals surface area contributed by atoms with Crippen molar-refractivity contribution in [2.75, 3.05) is 16.8 Å². The minimum Gasteiger partial charge on any atom is -0.325 e. The summed E-state index contributed by atoms with van der Waals surface area (Å²) in [4.78, 5) is 25.3. The quantitative estimate of drug-likeness (QED) is 0.896. The molecule has 0 radical (unpaired) electrons. The highest BCUT2D eigenvalue weighted by molar-refractivity contribution is 6.34. The molecule has 0 spiro atoms. The summed E-state index contributed by atoms with van der Waals surface area (Å²) in [5, 5.41) is 3.19. The standard InChI is InChI=1S/C15H20ClN3O2/c1-9(2)14(17)15(21)18-10-5-6-12(11(16)8-10)19-7-3-4-13(19)20/h5-6,8-9,14H,3-4,7,17H2,1-2H3,(H,18,21)/t14-/m1/s1. The lowest BCUT2D eigenvalue weighted by Gasteiger charge is -2.19. The van der Waals surface area contributed by atoms with Crippen LogP contribution in [0.3, 0.4) is 0 Å². The fraction of sp³-hybridized carbons (Fsp3) is 0.467. The lowest BCUT2D eigenvalue weighted by Crippen LogP contribution is -2.39. The van der Waals surface area contributed by atoms with E-state index in [0.29, 0.717) is 29.4 Å². The summed E-state index contributed by atoms with van der Waals surface area (Å²) in [7, 11) is 0. The van der Waals surface area contributed by atoms with Crippen molar-refractivity contribution in [2.45, 2.75) is 32.7 Å². The third kappa shape index (κ3) is 3.54. The van der Waals surface area contributed by atoms with Crippen LogP contribution in [0.25, 0.3) is 0 Å². The molecule has 2 amide bonds. The molecule has 0 unspecified atom stereocenters. The van der Waals surface area contributed by atoms with Gasteiger partial charge in [0, 0.05) is 18.7 Å². The van der Waals surface area contributed by atoms with Gasteiger partial charge in [0.2, 0.25) is 11.8 Å². The Morgan fingerprint density at radius 2 is 2.14 bits per heavy atom. The number of nitrogens with two attached hydrogens (primary N) is 1. The monoisotopic (exact) mass is 309 g/mol. The molecule has 21 heavy (non-hydrogen) atoms. The molecule has 1 saturated heterocycles. The lowest BCUT2D eigenvalue weighted by atomic mass is 10.0. The zero-order chi connectivity index (χ0) is 15.6. The van der Waals surface area contributed by atoms with E-state index in [2.05, 4.69) is 5.32 Å². The highest BCUT2D eigenvalue weighted by Gasteiger charge is 2.24. The number of carbonyl (C=O) groups is 2. The van der Waals surface area contributed by atoms with Gasteiger partial charge in [-0.2, -0.15) is 0 Å². The van der Waals surface area contributed by atoms with Crippen LogP contribution in [0.2, 0.25) is 5.02 Å². The number of hydrogen-bond donors (Lipinski definition) is 2. The molecule has 1 aliphatic rings. The minimum atomic E-state index is -0.566. The van der Waals surface area contributed by atoms with E-state index in [9.17, 15) is 9.59 Å². The maximum absolute atomic E-state index is 11.9. The second-order valence-electron chi connectivity index (χ2n) is 5.57. The average molecular weight is 310 g/mol. The summed E-state index contributed by atoms with van der Waals surface area (Å²) in [5.41, 5.74) is 7.06. The molecule has 6 heteroatoms. The molecule has 0 aliphatic carbocycles. The summed E-state index contributed by atoms with van der Waals surface area (Å²) >= 11 is 6.22. The summed E-state index contributed by atoms with van der Waals surface area (Å²) in [6.45, 7) is 4.46. The van der Waals surface area contributed by atoms with Crippen LogP contribution in [-0.4, -0.2) is 24.4 Å². The Labute approximate surface area is 129 Å². The van der Waals surface area contributed by atoms with Crippen LogP contribution >= 0.6 is 11.6 Å². The van der Waals surface area contributed by atoms with Crippen molar-refractivity contribution in [1.29, 1.82) is 0 Å². The van der Waals surface area contributed by atoms with E-state index in [1.165, 1.54) is 0 Å². The molecule has 1 fully saturated rings. The first-order valence-electron chi connectivity index (χ1n) is 7.06. The van der Waals surface area contributed by atoms with Crippen molar-refractivity contribution in [2.24, 2.45) is 11.7 Å². The molecule has 0 bridgehead atoms. The van der Waals surface area contributed by atoms with Gasteiger partial charge in [0.25, 0.3) is 0 Å². The van der Waals surface area contributed by atoms with E-state index in [0.717, 1.165) is 6.42 Å². The number of hydrogen-bond acceptors (Lipinski definition) is 3. The van der Waals surface area contributed by atoms with Gasteiger partial charge >= 0.3 is 0 Å². The van der Waals surface area contributed by atoms with Crippen molar-refractivity contribution in [3.63, 3.8) is 0 Å². The fourth-order valence-corrected chi connectivity index (χ4v) is 2.52. The van der Waals surface area contributed by atoms with Gasteiger partial charge in [0.15, 0.2) is 0 Å². The first kappa shape index (κ1) is 15.8. The Hall–Kier alpha value is -1.59. The minimum absolute atomic E-state index is 0.0574. The SMILES string of the molecule is CC(C)[C@@H](N)C(=O)Nc1ccc(N2CCCC2=O)c(Cl)c1. The van der Waals surface area contributed by atoms with Crippen molar-refractivity contribution in [3.05, 3.63) is 23.2 Å². The summed E-state index contributed by atoms with van der Waals surface area (Å²) in [5.74, 6) is -0.108. The number of rotatable bonds is 4. The van der Waals surface area contributed by atoms with Gasteiger partial charge in [-0.3, -0.25) is 9.59 Å². The Bertz CT molecular complexity index is 560. The molecule has 5 nitrogen and oxygen atoms in total. The maximum atomic E-state index is 11.9. The largest absolute Gasteiger partial charge is 0.325 e. The first-order valence-corrected chi connectivity index (χ1v) is 7.44. The smallest absolute Gasteiger partial charge is 0.241 e. The van der Waals surface area contributed by atoms with Gasteiger partial charge < -0.3 is 16.0 Å².